The topological polar surface area (TPSA) is 25.2 Å². The van der Waals surface area contributed by atoms with Gasteiger partial charge in [0.1, 0.15) is 0 Å². The summed E-state index contributed by atoms with van der Waals surface area (Å²) in [6.45, 7) is 2.94. The van der Waals surface area contributed by atoms with Gasteiger partial charge in [-0.3, -0.25) is 4.79 Å². The number of benzene rings is 1. The summed E-state index contributed by atoms with van der Waals surface area (Å²) in [7, 11) is 1.87. The normalized spacial score (nSPS) is 10.6. The molecule has 0 spiro atoms. The molecule has 0 bridgehead atoms. The fraction of sp³-hybridized carbons (Fsp3) is 0.353. The number of carbonyl (C=O) groups excluding carboxylic acids is 1. The second-order valence-electron chi connectivity index (χ2n) is 5.20. The number of nitrogens with zero attached hydrogens (tertiary/aromatic N) is 2. The molecule has 4 heteroatoms. The molecule has 0 saturated carbocycles. The molecule has 112 valence electrons. The van der Waals surface area contributed by atoms with Crippen molar-refractivity contribution in [2.24, 2.45) is 0 Å². The van der Waals surface area contributed by atoms with Gasteiger partial charge >= 0.3 is 0 Å². The minimum absolute atomic E-state index is 0.144. The summed E-state index contributed by atoms with van der Waals surface area (Å²) in [4.78, 5) is 14.1. The monoisotopic (exact) mass is 304 g/mol. The summed E-state index contributed by atoms with van der Waals surface area (Å²) in [5, 5.41) is 0.693. The largest absolute Gasteiger partial charge is 0.345 e. The third kappa shape index (κ3) is 4.11. The van der Waals surface area contributed by atoms with Gasteiger partial charge in [0.2, 0.25) is 5.91 Å². The molecular formula is C17H21ClN2O. The summed E-state index contributed by atoms with van der Waals surface area (Å²) in [5.74, 6) is 0.144. The SMILES string of the molecule is CCCCN(C)C(=O)Cc1cccn1-c1cccc(Cl)c1. The minimum Gasteiger partial charge on any atom is -0.345 e. The van der Waals surface area contributed by atoms with E-state index in [9.17, 15) is 4.79 Å². The van der Waals surface area contributed by atoms with E-state index < -0.39 is 0 Å². The Hall–Kier alpha value is -1.74. The van der Waals surface area contributed by atoms with E-state index in [1.165, 1.54) is 0 Å². The van der Waals surface area contributed by atoms with Gasteiger partial charge in [0.05, 0.1) is 6.42 Å². The van der Waals surface area contributed by atoms with Gasteiger partial charge in [0, 0.05) is 36.2 Å². The minimum atomic E-state index is 0.144. The number of aromatic nitrogens is 1. The molecule has 0 N–H and O–H groups in total. The van der Waals surface area contributed by atoms with Crippen molar-refractivity contribution in [2.75, 3.05) is 13.6 Å². The number of halogens is 1. The summed E-state index contributed by atoms with van der Waals surface area (Å²) in [6.07, 6.45) is 4.49. The van der Waals surface area contributed by atoms with Gasteiger partial charge in [0.25, 0.3) is 0 Å². The molecule has 21 heavy (non-hydrogen) atoms. The lowest BCUT2D eigenvalue weighted by Crippen LogP contribution is -2.29. The van der Waals surface area contributed by atoms with Crippen molar-refractivity contribution in [3.05, 3.63) is 53.3 Å². The highest BCUT2D eigenvalue weighted by molar-refractivity contribution is 6.30. The first-order valence-corrected chi connectivity index (χ1v) is 7.65. The zero-order valence-electron chi connectivity index (χ0n) is 12.6. The third-order valence-electron chi connectivity index (χ3n) is 3.52. The van der Waals surface area contributed by atoms with Crippen molar-refractivity contribution in [3.63, 3.8) is 0 Å². The van der Waals surface area contributed by atoms with Crippen molar-refractivity contribution in [3.8, 4) is 5.69 Å². The standard InChI is InChI=1S/C17H21ClN2O/c1-3-4-10-19(2)17(21)13-16-9-6-11-20(16)15-8-5-7-14(18)12-15/h5-9,11-12H,3-4,10,13H2,1-2H3. The lowest BCUT2D eigenvalue weighted by molar-refractivity contribution is -0.129. The first-order valence-electron chi connectivity index (χ1n) is 7.28. The van der Waals surface area contributed by atoms with Gasteiger partial charge in [-0.15, -0.1) is 0 Å². The second kappa shape index (κ2) is 7.32. The number of likely N-dealkylation sites (N-methyl/N-ethyl adjacent to an activating group) is 1. The molecule has 0 unspecified atom stereocenters. The Bertz CT molecular complexity index is 606. The van der Waals surface area contributed by atoms with E-state index in [-0.39, 0.29) is 5.91 Å². The first-order chi connectivity index (χ1) is 10.1. The highest BCUT2D eigenvalue weighted by Gasteiger charge is 2.12. The van der Waals surface area contributed by atoms with Gasteiger partial charge in [-0.25, -0.2) is 0 Å². The predicted molar refractivity (Wildman–Crippen MR) is 87.0 cm³/mol. The van der Waals surface area contributed by atoms with E-state index in [1.807, 2.05) is 54.2 Å². The lowest BCUT2D eigenvalue weighted by atomic mass is 10.2. The molecule has 0 aliphatic rings. The number of unbranched alkanes of at least 4 members (excludes halogenated alkanes) is 1. The molecule has 1 heterocycles. The molecule has 0 radical (unpaired) electrons. The summed E-state index contributed by atoms with van der Waals surface area (Å²) in [6, 6.07) is 11.6. The number of rotatable bonds is 6. The Kier molecular flexibility index (Phi) is 5.45. The number of hydrogen-bond acceptors (Lipinski definition) is 1. The average molecular weight is 305 g/mol. The maximum atomic E-state index is 12.3. The third-order valence-corrected chi connectivity index (χ3v) is 3.76. The maximum absolute atomic E-state index is 12.3. The Morgan fingerprint density at radius 2 is 2.10 bits per heavy atom. The van der Waals surface area contributed by atoms with Crippen molar-refractivity contribution in [1.82, 2.24) is 9.47 Å². The molecule has 0 aliphatic carbocycles. The van der Waals surface area contributed by atoms with E-state index in [4.69, 9.17) is 11.6 Å². The molecule has 2 aromatic rings. The fourth-order valence-electron chi connectivity index (χ4n) is 2.25. The van der Waals surface area contributed by atoms with Gasteiger partial charge < -0.3 is 9.47 Å². The second-order valence-corrected chi connectivity index (χ2v) is 5.63. The van der Waals surface area contributed by atoms with Crippen LogP contribution in [0.25, 0.3) is 5.69 Å². The molecule has 3 nitrogen and oxygen atoms in total. The number of amides is 1. The van der Waals surface area contributed by atoms with Crippen LogP contribution in [0, 0.1) is 0 Å². The molecule has 0 fully saturated rings. The Labute approximate surface area is 131 Å². The molecule has 1 aromatic heterocycles. The van der Waals surface area contributed by atoms with E-state index in [0.29, 0.717) is 11.4 Å². The summed E-state index contributed by atoms with van der Waals surface area (Å²) < 4.78 is 2.01. The maximum Gasteiger partial charge on any atom is 0.228 e. The van der Waals surface area contributed by atoms with E-state index in [0.717, 1.165) is 30.8 Å². The van der Waals surface area contributed by atoms with Crippen LogP contribution in [-0.2, 0) is 11.2 Å². The number of hydrogen-bond donors (Lipinski definition) is 0. The Morgan fingerprint density at radius 3 is 2.81 bits per heavy atom. The molecule has 1 amide bonds. The van der Waals surface area contributed by atoms with Crippen LogP contribution in [0.2, 0.25) is 5.02 Å². The average Bonchev–Trinajstić information content (AvgIpc) is 2.92. The molecular weight excluding hydrogens is 284 g/mol. The first kappa shape index (κ1) is 15.6. The van der Waals surface area contributed by atoms with Crippen molar-refractivity contribution in [1.29, 1.82) is 0 Å². The van der Waals surface area contributed by atoms with Gasteiger partial charge in [-0.1, -0.05) is 31.0 Å². The van der Waals surface area contributed by atoms with Gasteiger partial charge in [0.15, 0.2) is 0 Å². The van der Waals surface area contributed by atoms with E-state index in [2.05, 4.69) is 6.92 Å². The van der Waals surface area contributed by atoms with Crippen molar-refractivity contribution >= 4 is 17.5 Å². The summed E-state index contributed by atoms with van der Waals surface area (Å²) >= 11 is 6.04. The zero-order valence-corrected chi connectivity index (χ0v) is 13.3. The highest BCUT2D eigenvalue weighted by Crippen LogP contribution is 2.18. The van der Waals surface area contributed by atoms with Crippen molar-refractivity contribution < 1.29 is 4.79 Å². The zero-order chi connectivity index (χ0) is 15.2. The van der Waals surface area contributed by atoms with Gasteiger partial charge in [-0.05, 0) is 36.8 Å². The van der Waals surface area contributed by atoms with Crippen LogP contribution in [0.3, 0.4) is 0 Å². The quantitative estimate of drug-likeness (QED) is 0.794. The van der Waals surface area contributed by atoms with Crippen molar-refractivity contribution in [2.45, 2.75) is 26.2 Å². The van der Waals surface area contributed by atoms with Crippen LogP contribution in [0.4, 0.5) is 0 Å². The van der Waals surface area contributed by atoms with Crippen LogP contribution in [0.1, 0.15) is 25.5 Å². The fourth-order valence-corrected chi connectivity index (χ4v) is 2.43. The van der Waals surface area contributed by atoms with Crippen LogP contribution in [0.15, 0.2) is 42.6 Å². The molecule has 2 rings (SSSR count). The van der Waals surface area contributed by atoms with Crippen LogP contribution in [0.5, 0.6) is 0 Å². The molecule has 1 aromatic carbocycles. The Balaban J connectivity index is 2.12. The van der Waals surface area contributed by atoms with Gasteiger partial charge in [-0.2, -0.15) is 0 Å². The summed E-state index contributed by atoms with van der Waals surface area (Å²) in [5.41, 5.74) is 1.96. The van der Waals surface area contributed by atoms with Crippen LogP contribution < -0.4 is 0 Å². The smallest absolute Gasteiger partial charge is 0.228 e. The number of carbonyl (C=O) groups is 1. The molecule has 0 saturated heterocycles. The van der Waals surface area contributed by atoms with Crippen LogP contribution >= 0.6 is 11.6 Å². The lowest BCUT2D eigenvalue weighted by Gasteiger charge is -2.17. The van der Waals surface area contributed by atoms with E-state index in [1.54, 1.807) is 4.90 Å². The molecule has 0 aliphatic heterocycles. The van der Waals surface area contributed by atoms with E-state index >= 15 is 0 Å². The van der Waals surface area contributed by atoms with Crippen LogP contribution in [-0.4, -0.2) is 29.0 Å². The Morgan fingerprint density at radius 1 is 1.29 bits per heavy atom. The molecule has 0 atom stereocenters. The predicted octanol–water partition coefficient (Wildman–Crippen LogP) is 3.93. The highest BCUT2D eigenvalue weighted by atomic mass is 35.5.